The summed E-state index contributed by atoms with van der Waals surface area (Å²) in [5.41, 5.74) is 4.11. The van der Waals surface area contributed by atoms with Crippen LogP contribution in [0.3, 0.4) is 0 Å². The van der Waals surface area contributed by atoms with Gasteiger partial charge in [-0.05, 0) is 41.3 Å². The normalized spacial score (nSPS) is 16.4. The van der Waals surface area contributed by atoms with Crippen molar-refractivity contribution in [2.45, 2.75) is 13.3 Å². The maximum atomic E-state index is 10.9. The number of allylic oxidation sites excluding steroid dienone is 4. The zero-order chi connectivity index (χ0) is 10.8. The summed E-state index contributed by atoms with van der Waals surface area (Å²) in [5, 5.41) is 0. The third-order valence-electron chi connectivity index (χ3n) is 2.47. The second-order valence-electron chi connectivity index (χ2n) is 3.48. The van der Waals surface area contributed by atoms with E-state index >= 15 is 0 Å². The predicted molar refractivity (Wildman–Crippen MR) is 66.5 cm³/mol. The summed E-state index contributed by atoms with van der Waals surface area (Å²) in [4.78, 5) is 10.9. The van der Waals surface area contributed by atoms with Crippen molar-refractivity contribution in [3.8, 4) is 0 Å². The Hall–Kier alpha value is -1.15. The molecule has 0 aliphatic heterocycles. The molecule has 0 amide bonds. The van der Waals surface area contributed by atoms with Crippen LogP contribution in [-0.4, -0.2) is 6.29 Å². The zero-order valence-electron chi connectivity index (χ0n) is 8.46. The van der Waals surface area contributed by atoms with Crippen LogP contribution in [0, 0.1) is 0 Å². The quantitative estimate of drug-likeness (QED) is 0.741. The number of carbonyl (C=O) groups is 1. The maximum Gasteiger partial charge on any atom is 0.150 e. The Morgan fingerprint density at radius 3 is 2.80 bits per heavy atom. The molecule has 15 heavy (non-hydrogen) atoms. The molecule has 0 saturated heterocycles. The molecule has 2 heteroatoms. The molecular formula is C13H11BrO. The fourth-order valence-electron chi connectivity index (χ4n) is 1.82. The largest absolute Gasteiger partial charge is 0.298 e. The molecule has 0 bridgehead atoms. The van der Waals surface area contributed by atoms with Gasteiger partial charge >= 0.3 is 0 Å². The van der Waals surface area contributed by atoms with E-state index in [1.54, 1.807) is 0 Å². The summed E-state index contributed by atoms with van der Waals surface area (Å²) in [6, 6.07) is 6.00. The van der Waals surface area contributed by atoms with E-state index in [1.807, 2.05) is 18.2 Å². The molecule has 1 aliphatic rings. The van der Waals surface area contributed by atoms with Crippen LogP contribution in [0.15, 0.2) is 34.8 Å². The van der Waals surface area contributed by atoms with Gasteiger partial charge < -0.3 is 0 Å². The first-order valence-corrected chi connectivity index (χ1v) is 5.73. The molecule has 0 heterocycles. The molecule has 0 radical (unpaired) electrons. The van der Waals surface area contributed by atoms with Crippen molar-refractivity contribution in [3.05, 3.63) is 46.0 Å². The van der Waals surface area contributed by atoms with E-state index in [4.69, 9.17) is 0 Å². The van der Waals surface area contributed by atoms with Gasteiger partial charge in [0.15, 0.2) is 6.29 Å². The molecule has 1 nitrogen and oxygen atoms in total. The third-order valence-corrected chi connectivity index (χ3v) is 2.96. The summed E-state index contributed by atoms with van der Waals surface area (Å²) in [6.07, 6.45) is 5.99. The lowest BCUT2D eigenvalue weighted by Gasteiger charge is -2.02. The molecule has 0 saturated carbocycles. The fourth-order valence-corrected chi connectivity index (χ4v) is 2.18. The number of rotatable bonds is 2. The Morgan fingerprint density at radius 2 is 2.13 bits per heavy atom. The average molecular weight is 263 g/mol. The van der Waals surface area contributed by atoms with E-state index in [0.717, 1.165) is 39.5 Å². The summed E-state index contributed by atoms with van der Waals surface area (Å²) < 4.78 is 1.05. The Morgan fingerprint density at radius 1 is 1.33 bits per heavy atom. The van der Waals surface area contributed by atoms with Crippen LogP contribution >= 0.6 is 15.9 Å². The van der Waals surface area contributed by atoms with Crippen molar-refractivity contribution in [1.82, 2.24) is 0 Å². The number of aldehydes is 1. The number of hydrogen-bond donors (Lipinski definition) is 0. The van der Waals surface area contributed by atoms with E-state index < -0.39 is 0 Å². The Bertz CT molecular complexity index is 469. The minimum atomic E-state index is 0.775. The molecule has 2 rings (SSSR count). The number of fused-ring (bicyclic) bond motifs is 1. The highest BCUT2D eigenvalue weighted by molar-refractivity contribution is 9.10. The summed E-state index contributed by atoms with van der Waals surface area (Å²) in [6.45, 7) is 2.09. The van der Waals surface area contributed by atoms with Crippen LogP contribution in [0.25, 0.3) is 11.1 Å². The van der Waals surface area contributed by atoms with Gasteiger partial charge in [-0.1, -0.05) is 35.0 Å². The van der Waals surface area contributed by atoms with E-state index in [2.05, 4.69) is 35.0 Å². The molecular weight excluding hydrogens is 252 g/mol. The van der Waals surface area contributed by atoms with Crippen LogP contribution in [0.2, 0.25) is 0 Å². The lowest BCUT2D eigenvalue weighted by atomic mass is 10.0. The average Bonchev–Trinajstić information content (AvgIpc) is 2.57. The molecule has 0 spiro atoms. The van der Waals surface area contributed by atoms with Crippen molar-refractivity contribution in [2.24, 2.45) is 0 Å². The molecule has 0 aromatic heterocycles. The van der Waals surface area contributed by atoms with Gasteiger partial charge in [-0.25, -0.2) is 0 Å². The second-order valence-corrected chi connectivity index (χ2v) is 4.39. The summed E-state index contributed by atoms with van der Waals surface area (Å²) in [5.74, 6) is 0. The van der Waals surface area contributed by atoms with Crippen LogP contribution in [0.4, 0.5) is 0 Å². The molecule has 0 fully saturated rings. The number of hydrogen-bond acceptors (Lipinski definition) is 1. The van der Waals surface area contributed by atoms with Gasteiger partial charge in [0, 0.05) is 10.0 Å². The number of benzene rings is 1. The first-order chi connectivity index (χ1) is 7.26. The molecule has 76 valence electrons. The lowest BCUT2D eigenvalue weighted by molar-refractivity contribution is -0.103. The van der Waals surface area contributed by atoms with Crippen LogP contribution in [0.1, 0.15) is 24.5 Å². The highest BCUT2D eigenvalue weighted by atomic mass is 79.9. The number of carbonyl (C=O) groups excluding carboxylic acids is 1. The second kappa shape index (κ2) is 4.15. The summed E-state index contributed by atoms with van der Waals surface area (Å²) in [7, 11) is 0. The zero-order valence-corrected chi connectivity index (χ0v) is 10.0. The molecule has 0 N–H and O–H groups in total. The van der Waals surface area contributed by atoms with Crippen molar-refractivity contribution >= 4 is 33.4 Å². The predicted octanol–water partition coefficient (Wildman–Crippen LogP) is 3.84. The monoisotopic (exact) mass is 262 g/mol. The van der Waals surface area contributed by atoms with Gasteiger partial charge in [0.2, 0.25) is 0 Å². The topological polar surface area (TPSA) is 17.1 Å². The highest BCUT2D eigenvalue weighted by Crippen LogP contribution is 2.35. The van der Waals surface area contributed by atoms with Gasteiger partial charge in [0.25, 0.3) is 0 Å². The van der Waals surface area contributed by atoms with Gasteiger partial charge in [-0.3, -0.25) is 4.79 Å². The van der Waals surface area contributed by atoms with Crippen LogP contribution in [-0.2, 0) is 4.79 Å². The van der Waals surface area contributed by atoms with Crippen LogP contribution < -0.4 is 0 Å². The molecule has 1 aromatic carbocycles. The van der Waals surface area contributed by atoms with E-state index in [9.17, 15) is 4.79 Å². The third kappa shape index (κ3) is 1.82. The van der Waals surface area contributed by atoms with Gasteiger partial charge in [-0.2, -0.15) is 0 Å². The van der Waals surface area contributed by atoms with Gasteiger partial charge in [0.05, 0.1) is 0 Å². The molecule has 0 atom stereocenters. The van der Waals surface area contributed by atoms with E-state index in [0.29, 0.717) is 0 Å². The minimum absolute atomic E-state index is 0.775. The summed E-state index contributed by atoms with van der Waals surface area (Å²) >= 11 is 3.45. The van der Waals surface area contributed by atoms with Crippen LogP contribution in [0.5, 0.6) is 0 Å². The van der Waals surface area contributed by atoms with E-state index in [-0.39, 0.29) is 0 Å². The SMILES string of the molecule is CC/C=C1\C=C(C=O)c2ccc(Br)cc21. The molecule has 1 aromatic rings. The van der Waals surface area contributed by atoms with Crippen molar-refractivity contribution in [3.63, 3.8) is 0 Å². The standard InChI is InChI=1S/C13H11BrO/c1-2-3-9-6-10(8-15)12-5-4-11(14)7-13(9)12/h3-8H,2H2,1H3/b9-3+. The lowest BCUT2D eigenvalue weighted by Crippen LogP contribution is -1.84. The first-order valence-electron chi connectivity index (χ1n) is 4.93. The van der Waals surface area contributed by atoms with E-state index in [1.165, 1.54) is 0 Å². The minimum Gasteiger partial charge on any atom is -0.298 e. The van der Waals surface area contributed by atoms with Crippen molar-refractivity contribution in [1.29, 1.82) is 0 Å². The number of halogens is 1. The smallest absolute Gasteiger partial charge is 0.150 e. The maximum absolute atomic E-state index is 10.9. The van der Waals surface area contributed by atoms with Gasteiger partial charge in [0.1, 0.15) is 0 Å². The molecule has 0 unspecified atom stereocenters. The Kier molecular flexibility index (Phi) is 2.87. The Labute approximate surface area is 97.6 Å². The Balaban J connectivity index is 2.61. The van der Waals surface area contributed by atoms with Crippen molar-refractivity contribution in [2.75, 3.05) is 0 Å². The first kappa shape index (κ1) is 10.4. The fraction of sp³-hybridized carbons (Fsp3) is 0.154. The van der Waals surface area contributed by atoms with Gasteiger partial charge in [-0.15, -0.1) is 0 Å². The van der Waals surface area contributed by atoms with Crippen molar-refractivity contribution < 1.29 is 4.79 Å². The molecule has 1 aliphatic carbocycles. The highest BCUT2D eigenvalue weighted by Gasteiger charge is 2.17.